The van der Waals surface area contributed by atoms with Gasteiger partial charge in [-0.1, -0.05) is 28.4 Å². The molecule has 1 heterocycles. The Kier molecular flexibility index (Phi) is 4.00. The number of rotatable bonds is 1. The number of hydrazone groups is 1. The molecule has 8 heteroatoms. The molecule has 23 heavy (non-hydrogen) atoms. The minimum absolute atomic E-state index is 0.0325. The molecule has 0 bridgehead atoms. The first-order valence-electron chi connectivity index (χ1n) is 7.21. The average molecular weight is 391 g/mol. The number of amides is 1. The molecule has 1 aliphatic carbocycles. The van der Waals surface area contributed by atoms with E-state index in [4.69, 9.17) is 0 Å². The van der Waals surface area contributed by atoms with Gasteiger partial charge < -0.3 is 5.11 Å². The molecule has 0 spiro atoms. The van der Waals surface area contributed by atoms with Crippen LogP contribution in [0, 0.1) is 5.92 Å². The Balaban J connectivity index is 2.05. The number of hydrogen-bond acceptors (Lipinski definition) is 3. The van der Waals surface area contributed by atoms with E-state index in [0.717, 1.165) is 0 Å². The van der Waals surface area contributed by atoms with E-state index in [0.29, 0.717) is 23.7 Å². The predicted molar refractivity (Wildman–Crippen MR) is 80.7 cm³/mol. The fourth-order valence-electron chi connectivity index (χ4n) is 3.16. The summed E-state index contributed by atoms with van der Waals surface area (Å²) >= 11 is 3.18. The van der Waals surface area contributed by atoms with Crippen LogP contribution >= 0.6 is 15.9 Å². The van der Waals surface area contributed by atoms with E-state index < -0.39 is 23.7 Å². The number of carbonyl (C=O) groups excluding carboxylic acids is 1. The normalized spacial score (nSPS) is 27.6. The van der Waals surface area contributed by atoms with Crippen molar-refractivity contribution < 1.29 is 23.1 Å². The highest BCUT2D eigenvalue weighted by atomic mass is 79.9. The van der Waals surface area contributed by atoms with E-state index in [1.54, 1.807) is 12.1 Å². The molecule has 1 aromatic rings. The third-order valence-corrected chi connectivity index (χ3v) is 4.79. The second kappa shape index (κ2) is 5.59. The van der Waals surface area contributed by atoms with Crippen LogP contribution in [0.2, 0.25) is 0 Å². The summed E-state index contributed by atoms with van der Waals surface area (Å²) in [7, 11) is 0. The van der Waals surface area contributed by atoms with Gasteiger partial charge in [-0.05, 0) is 37.5 Å². The van der Waals surface area contributed by atoms with E-state index in [1.807, 2.05) is 0 Å². The van der Waals surface area contributed by atoms with Gasteiger partial charge in [0.25, 0.3) is 11.6 Å². The van der Waals surface area contributed by atoms with Crippen LogP contribution in [0.15, 0.2) is 33.8 Å². The topological polar surface area (TPSA) is 52.9 Å². The van der Waals surface area contributed by atoms with Gasteiger partial charge in [0, 0.05) is 15.7 Å². The van der Waals surface area contributed by atoms with Crippen molar-refractivity contribution in [1.29, 1.82) is 0 Å². The summed E-state index contributed by atoms with van der Waals surface area (Å²) in [6.45, 7) is 0. The van der Waals surface area contributed by atoms with Crippen molar-refractivity contribution in [1.82, 2.24) is 5.01 Å². The summed E-state index contributed by atoms with van der Waals surface area (Å²) in [5.41, 5.74) is -2.99. The molecule has 0 radical (unpaired) electrons. The Morgan fingerprint density at radius 3 is 2.78 bits per heavy atom. The molecule has 1 aromatic carbocycles. The zero-order valence-corrected chi connectivity index (χ0v) is 13.6. The third-order valence-electron chi connectivity index (χ3n) is 4.30. The lowest BCUT2D eigenvalue weighted by Crippen LogP contribution is -2.61. The maximum atomic E-state index is 13.6. The van der Waals surface area contributed by atoms with Gasteiger partial charge in [-0.3, -0.25) is 4.79 Å². The maximum absolute atomic E-state index is 13.6. The first-order chi connectivity index (χ1) is 10.7. The number of carbonyl (C=O) groups is 1. The van der Waals surface area contributed by atoms with Crippen molar-refractivity contribution in [3.63, 3.8) is 0 Å². The fourth-order valence-corrected chi connectivity index (χ4v) is 3.56. The average Bonchev–Trinajstić information content (AvgIpc) is 2.81. The summed E-state index contributed by atoms with van der Waals surface area (Å²) in [5, 5.41) is 14.5. The minimum atomic E-state index is -4.98. The predicted octanol–water partition coefficient (Wildman–Crippen LogP) is 3.70. The van der Waals surface area contributed by atoms with Crippen LogP contribution in [-0.2, 0) is 0 Å². The van der Waals surface area contributed by atoms with Crippen molar-refractivity contribution in [2.75, 3.05) is 0 Å². The molecule has 3 rings (SSSR count). The van der Waals surface area contributed by atoms with E-state index in [2.05, 4.69) is 21.0 Å². The van der Waals surface area contributed by atoms with E-state index in [-0.39, 0.29) is 22.7 Å². The molecule has 1 saturated carbocycles. The van der Waals surface area contributed by atoms with Crippen molar-refractivity contribution in [2.45, 2.75) is 37.6 Å². The molecule has 0 saturated heterocycles. The number of halogens is 4. The van der Waals surface area contributed by atoms with Crippen LogP contribution in [0.4, 0.5) is 13.2 Å². The molecule has 124 valence electrons. The van der Waals surface area contributed by atoms with Crippen LogP contribution in [-0.4, -0.2) is 33.6 Å². The number of alkyl halides is 3. The van der Waals surface area contributed by atoms with Gasteiger partial charge in [-0.25, -0.2) is 0 Å². The van der Waals surface area contributed by atoms with Gasteiger partial charge in [0.15, 0.2) is 0 Å². The molecule has 0 unspecified atom stereocenters. The lowest BCUT2D eigenvalue weighted by Gasteiger charge is -2.38. The molecule has 1 N–H and O–H groups in total. The van der Waals surface area contributed by atoms with Crippen molar-refractivity contribution in [3.05, 3.63) is 34.3 Å². The highest BCUT2D eigenvalue weighted by Gasteiger charge is 2.68. The number of hydrogen-bond donors (Lipinski definition) is 1. The van der Waals surface area contributed by atoms with Crippen LogP contribution in [0.1, 0.15) is 36.0 Å². The Morgan fingerprint density at radius 2 is 2.13 bits per heavy atom. The van der Waals surface area contributed by atoms with Crippen molar-refractivity contribution >= 4 is 27.5 Å². The Hall–Kier alpha value is -1.41. The second-order valence-corrected chi connectivity index (χ2v) is 6.66. The van der Waals surface area contributed by atoms with Gasteiger partial charge >= 0.3 is 6.18 Å². The van der Waals surface area contributed by atoms with Gasteiger partial charge in [0.05, 0.1) is 5.92 Å². The Morgan fingerprint density at radius 1 is 1.39 bits per heavy atom. The van der Waals surface area contributed by atoms with Crippen LogP contribution in [0.5, 0.6) is 0 Å². The van der Waals surface area contributed by atoms with Crippen LogP contribution in [0.25, 0.3) is 0 Å². The molecule has 2 atom stereocenters. The number of benzene rings is 1. The van der Waals surface area contributed by atoms with E-state index >= 15 is 0 Å². The van der Waals surface area contributed by atoms with Crippen LogP contribution in [0.3, 0.4) is 0 Å². The molecule has 4 nitrogen and oxygen atoms in total. The van der Waals surface area contributed by atoms with Crippen molar-refractivity contribution in [2.24, 2.45) is 11.0 Å². The van der Waals surface area contributed by atoms with Gasteiger partial charge in [0.2, 0.25) is 0 Å². The minimum Gasteiger partial charge on any atom is -0.362 e. The smallest absolute Gasteiger partial charge is 0.362 e. The lowest BCUT2D eigenvalue weighted by molar-refractivity contribution is -0.312. The van der Waals surface area contributed by atoms with E-state index in [1.165, 1.54) is 12.1 Å². The molecule has 1 aliphatic heterocycles. The molecular weight excluding hydrogens is 377 g/mol. The number of aliphatic hydroxyl groups is 1. The molecule has 2 aliphatic rings. The van der Waals surface area contributed by atoms with Gasteiger partial charge in [0.1, 0.15) is 0 Å². The van der Waals surface area contributed by atoms with Gasteiger partial charge in [-0.15, -0.1) is 0 Å². The van der Waals surface area contributed by atoms with Crippen molar-refractivity contribution in [3.8, 4) is 0 Å². The lowest BCUT2D eigenvalue weighted by atomic mass is 9.80. The quantitative estimate of drug-likeness (QED) is 0.794. The zero-order valence-electron chi connectivity index (χ0n) is 12.0. The Bertz CT molecular complexity index is 677. The van der Waals surface area contributed by atoms with Gasteiger partial charge in [-0.2, -0.15) is 23.3 Å². The number of nitrogens with zero attached hydrogens (tertiary/aromatic N) is 2. The third kappa shape index (κ3) is 2.57. The standard InChI is InChI=1S/C15H14BrF3N2O2/c16-10-5-3-4-9(8-10)13(22)21-14(23,15(17,18)19)11-6-1-2-7-12(11)20-21/h3-5,8,11,23H,1-2,6-7H2/t11-,14+/m0/s1. The highest BCUT2D eigenvalue weighted by molar-refractivity contribution is 9.10. The van der Waals surface area contributed by atoms with E-state index in [9.17, 15) is 23.1 Å². The summed E-state index contributed by atoms with van der Waals surface area (Å²) in [6.07, 6.45) is -3.17. The fraction of sp³-hybridized carbons (Fsp3) is 0.467. The monoisotopic (exact) mass is 390 g/mol. The maximum Gasteiger partial charge on any atom is 0.439 e. The summed E-state index contributed by atoms with van der Waals surface area (Å²) in [4.78, 5) is 12.5. The zero-order chi connectivity index (χ0) is 16.8. The highest BCUT2D eigenvalue weighted by Crippen LogP contribution is 2.48. The largest absolute Gasteiger partial charge is 0.439 e. The molecule has 0 aromatic heterocycles. The Labute approximate surface area is 139 Å². The SMILES string of the molecule is O=C(c1cccc(Br)c1)N1N=C2CCCC[C@@H]2[C@@]1(O)C(F)(F)F. The first kappa shape index (κ1) is 16.4. The summed E-state index contributed by atoms with van der Waals surface area (Å²) in [5.74, 6) is -2.15. The number of fused-ring (bicyclic) bond motifs is 1. The summed E-state index contributed by atoms with van der Waals surface area (Å²) < 4.78 is 41.3. The molecule has 1 amide bonds. The molecular formula is C15H14BrF3N2O2. The van der Waals surface area contributed by atoms with Crippen LogP contribution < -0.4 is 0 Å². The second-order valence-electron chi connectivity index (χ2n) is 5.74. The molecule has 1 fully saturated rings. The summed E-state index contributed by atoms with van der Waals surface area (Å²) in [6, 6.07) is 6.00. The first-order valence-corrected chi connectivity index (χ1v) is 8.01.